The van der Waals surface area contributed by atoms with Crippen molar-refractivity contribution in [2.75, 3.05) is 21.3 Å². The average molecular weight is 578 g/mol. The Balaban J connectivity index is 1.66. The molecule has 5 rings (SSSR count). The van der Waals surface area contributed by atoms with E-state index in [2.05, 4.69) is 0 Å². The number of fused-ring (bicyclic) bond motifs is 4. The highest BCUT2D eigenvalue weighted by atomic mass is 35.5. The highest BCUT2D eigenvalue weighted by Gasteiger charge is 2.75. The fraction of sp³-hybridized carbons (Fsp3) is 0.423. The number of hydrogen-bond donors (Lipinski definition) is 2. The number of aromatic hydroxyl groups is 1. The lowest BCUT2D eigenvalue weighted by Crippen LogP contribution is -2.60. The standard InChI is InChI=1S/C26H25Cl2N3O8/c1-30-22(35)25(27)10-14-12(5-6-13-18(14)21(34)31(20(13)33)24(29)37)15(26(25,28)23(30)36)7-4-11-8-16(38-2)19(32)17(9-11)39-3/h4-5,7-9,13-15,18,32H,6,10H2,1-3H3,(H2,29,37)/t13-,14+,15-,18-,25+,26-/m0/s1. The van der Waals surface area contributed by atoms with Crippen molar-refractivity contribution in [2.24, 2.45) is 29.4 Å². The van der Waals surface area contributed by atoms with Crippen molar-refractivity contribution in [3.05, 3.63) is 35.4 Å². The number of likely N-dealkylation sites (tertiary alicyclic amines) is 2. The third-order valence-electron chi connectivity index (χ3n) is 8.27. The molecule has 3 N–H and O–H groups in total. The smallest absolute Gasteiger partial charge is 0.328 e. The minimum atomic E-state index is -1.94. The lowest BCUT2D eigenvalue weighted by atomic mass is 9.57. The number of benzene rings is 1. The summed E-state index contributed by atoms with van der Waals surface area (Å²) in [6.07, 6.45) is 4.85. The van der Waals surface area contributed by atoms with Crippen LogP contribution in [-0.2, 0) is 19.2 Å². The largest absolute Gasteiger partial charge is 0.502 e. The zero-order valence-corrected chi connectivity index (χ0v) is 22.7. The molecule has 1 saturated carbocycles. The fourth-order valence-electron chi connectivity index (χ4n) is 6.43. The van der Waals surface area contributed by atoms with Crippen LogP contribution in [0.25, 0.3) is 6.08 Å². The van der Waals surface area contributed by atoms with Crippen molar-refractivity contribution < 1.29 is 38.6 Å². The van der Waals surface area contributed by atoms with Crippen molar-refractivity contribution in [1.29, 1.82) is 0 Å². The zero-order chi connectivity index (χ0) is 28.6. The van der Waals surface area contributed by atoms with Gasteiger partial charge < -0.3 is 20.3 Å². The number of nitrogens with zero attached hydrogens (tertiary/aromatic N) is 2. The van der Waals surface area contributed by atoms with Gasteiger partial charge in [0.25, 0.3) is 11.8 Å². The number of alkyl halides is 2. The van der Waals surface area contributed by atoms with Crippen molar-refractivity contribution >= 4 is 58.9 Å². The van der Waals surface area contributed by atoms with E-state index in [9.17, 15) is 29.1 Å². The third kappa shape index (κ3) is 3.45. The third-order valence-corrected chi connectivity index (χ3v) is 9.70. The first kappa shape index (κ1) is 27.0. The molecule has 2 saturated heterocycles. The number of carbonyl (C=O) groups is 5. The van der Waals surface area contributed by atoms with Crippen LogP contribution in [0, 0.1) is 23.7 Å². The number of hydrogen-bond acceptors (Lipinski definition) is 8. The van der Waals surface area contributed by atoms with Crippen LogP contribution >= 0.6 is 23.2 Å². The number of amides is 6. The van der Waals surface area contributed by atoms with Gasteiger partial charge in [0, 0.05) is 13.0 Å². The number of imide groups is 4. The molecule has 0 radical (unpaired) electrons. The molecule has 6 amide bonds. The normalized spacial score (nSPS) is 33.7. The number of ether oxygens (including phenoxy) is 2. The lowest BCUT2D eigenvalue weighted by molar-refractivity contribution is -0.139. The van der Waals surface area contributed by atoms with Gasteiger partial charge in [-0.15, -0.1) is 23.2 Å². The van der Waals surface area contributed by atoms with Gasteiger partial charge in [0.05, 0.1) is 26.1 Å². The molecule has 1 aromatic rings. The van der Waals surface area contributed by atoms with Crippen molar-refractivity contribution in [1.82, 2.24) is 9.80 Å². The first-order chi connectivity index (χ1) is 18.3. The van der Waals surface area contributed by atoms with E-state index in [1.807, 2.05) is 0 Å². The molecule has 2 aliphatic carbocycles. The van der Waals surface area contributed by atoms with Gasteiger partial charge in [-0.05, 0) is 36.5 Å². The number of allylic oxidation sites excluding steroid dienone is 3. The summed E-state index contributed by atoms with van der Waals surface area (Å²) in [4.78, 5) is 62.3. The Morgan fingerprint density at radius 2 is 1.69 bits per heavy atom. The Hall–Kier alpha value is -3.57. The molecule has 2 heterocycles. The van der Waals surface area contributed by atoms with Gasteiger partial charge in [-0.2, -0.15) is 4.90 Å². The van der Waals surface area contributed by atoms with Crippen LogP contribution in [0.3, 0.4) is 0 Å². The summed E-state index contributed by atoms with van der Waals surface area (Å²) in [5, 5.41) is 10.3. The quantitative estimate of drug-likeness (QED) is 0.312. The van der Waals surface area contributed by atoms with Gasteiger partial charge >= 0.3 is 6.03 Å². The monoisotopic (exact) mass is 577 g/mol. The molecule has 206 valence electrons. The molecule has 3 fully saturated rings. The molecule has 39 heavy (non-hydrogen) atoms. The Morgan fingerprint density at radius 1 is 1.08 bits per heavy atom. The second-order valence-electron chi connectivity index (χ2n) is 10.0. The molecule has 13 heteroatoms. The maximum atomic E-state index is 13.5. The van der Waals surface area contributed by atoms with Gasteiger partial charge in [-0.3, -0.25) is 24.1 Å². The molecule has 6 atom stereocenters. The van der Waals surface area contributed by atoms with Crippen molar-refractivity contribution in [2.45, 2.75) is 22.6 Å². The summed E-state index contributed by atoms with van der Waals surface area (Å²) >= 11 is 14.0. The second kappa shape index (κ2) is 8.99. The second-order valence-corrected chi connectivity index (χ2v) is 11.3. The predicted molar refractivity (Wildman–Crippen MR) is 138 cm³/mol. The van der Waals surface area contributed by atoms with Crippen LogP contribution < -0.4 is 15.2 Å². The number of halogens is 2. The van der Waals surface area contributed by atoms with E-state index < -0.39 is 63.1 Å². The minimum Gasteiger partial charge on any atom is -0.502 e. The van der Waals surface area contributed by atoms with Gasteiger partial charge in [0.15, 0.2) is 21.2 Å². The summed E-state index contributed by atoms with van der Waals surface area (Å²) in [6.45, 7) is 0. The fourth-order valence-corrected chi connectivity index (χ4v) is 7.40. The maximum absolute atomic E-state index is 13.5. The van der Waals surface area contributed by atoms with Gasteiger partial charge in [0.2, 0.25) is 17.6 Å². The van der Waals surface area contributed by atoms with E-state index in [1.54, 1.807) is 18.2 Å². The first-order valence-electron chi connectivity index (χ1n) is 12.0. The Kier molecular flexibility index (Phi) is 6.23. The van der Waals surface area contributed by atoms with Crippen LogP contribution in [0.2, 0.25) is 0 Å². The molecular formula is C26H25Cl2N3O8. The summed E-state index contributed by atoms with van der Waals surface area (Å²) < 4.78 is 10.4. The number of urea groups is 1. The molecular weight excluding hydrogens is 553 g/mol. The molecule has 2 aliphatic heterocycles. The highest BCUT2D eigenvalue weighted by Crippen LogP contribution is 2.63. The van der Waals surface area contributed by atoms with Crippen LogP contribution in [0.15, 0.2) is 29.9 Å². The Labute approximate surface area is 233 Å². The molecule has 4 aliphatic rings. The predicted octanol–water partition coefficient (Wildman–Crippen LogP) is 2.02. The van der Waals surface area contributed by atoms with E-state index >= 15 is 0 Å². The van der Waals surface area contributed by atoms with Gasteiger partial charge in [-0.25, -0.2) is 4.79 Å². The van der Waals surface area contributed by atoms with Crippen molar-refractivity contribution in [3.63, 3.8) is 0 Å². The minimum absolute atomic E-state index is 0.107. The van der Waals surface area contributed by atoms with Crippen LogP contribution in [-0.4, -0.2) is 75.6 Å². The summed E-state index contributed by atoms with van der Waals surface area (Å²) in [5.41, 5.74) is 6.38. The van der Waals surface area contributed by atoms with E-state index in [1.165, 1.54) is 33.4 Å². The van der Waals surface area contributed by atoms with E-state index in [0.29, 0.717) is 16.0 Å². The number of phenols is 1. The summed E-state index contributed by atoms with van der Waals surface area (Å²) in [5.74, 6) is -6.43. The van der Waals surface area contributed by atoms with Gasteiger partial charge in [0.1, 0.15) is 0 Å². The molecule has 0 unspecified atom stereocenters. The topological polar surface area (TPSA) is 157 Å². The average Bonchev–Trinajstić information content (AvgIpc) is 3.23. The molecule has 0 aromatic heterocycles. The highest BCUT2D eigenvalue weighted by molar-refractivity contribution is 6.53. The number of primary amides is 1. The molecule has 1 aromatic carbocycles. The van der Waals surface area contributed by atoms with Crippen LogP contribution in [0.1, 0.15) is 18.4 Å². The number of nitrogens with two attached hydrogens (primary N) is 1. The van der Waals surface area contributed by atoms with E-state index in [0.717, 1.165) is 4.90 Å². The Bertz CT molecular complexity index is 1380. The lowest BCUT2D eigenvalue weighted by Gasteiger charge is -2.49. The number of phenolic OH excluding ortho intramolecular Hbond substituents is 1. The first-order valence-corrected chi connectivity index (χ1v) is 12.8. The van der Waals surface area contributed by atoms with Gasteiger partial charge in [-0.1, -0.05) is 23.8 Å². The van der Waals surface area contributed by atoms with Crippen LogP contribution in [0.5, 0.6) is 17.2 Å². The maximum Gasteiger partial charge on any atom is 0.328 e. The number of carbonyl (C=O) groups excluding carboxylic acids is 5. The van der Waals surface area contributed by atoms with E-state index in [4.69, 9.17) is 38.4 Å². The summed E-state index contributed by atoms with van der Waals surface area (Å²) in [6, 6.07) is 1.89. The van der Waals surface area contributed by atoms with Crippen molar-refractivity contribution in [3.8, 4) is 17.2 Å². The SMILES string of the molecule is COc1cc(C=C[C@H]2C3=CC[C@@H]4C(=O)N(C(N)=O)C(=O)[C@@H]4[C@@H]3C[C@@]3(Cl)C(=O)N(C)C(=O)[C@@]23Cl)cc(OC)c1O. The van der Waals surface area contributed by atoms with Crippen LogP contribution in [0.4, 0.5) is 4.79 Å². The Morgan fingerprint density at radius 3 is 2.26 bits per heavy atom. The number of rotatable bonds is 4. The van der Waals surface area contributed by atoms with E-state index in [-0.39, 0.29) is 30.1 Å². The number of methoxy groups -OCH3 is 2. The summed E-state index contributed by atoms with van der Waals surface area (Å²) in [7, 11) is 4.04. The molecule has 0 spiro atoms. The zero-order valence-electron chi connectivity index (χ0n) is 21.1. The molecule has 11 nitrogen and oxygen atoms in total. The molecule has 0 bridgehead atoms.